The predicted octanol–water partition coefficient (Wildman–Crippen LogP) is 6.46. The Bertz CT molecular complexity index is 2040. The normalized spacial score (nSPS) is 11.1. The molecule has 0 aliphatic heterocycles. The molecule has 9 nitrogen and oxygen atoms in total. The topological polar surface area (TPSA) is 112 Å². The van der Waals surface area contributed by atoms with Crippen LogP contribution in [0.5, 0.6) is 5.88 Å². The van der Waals surface area contributed by atoms with Crippen LogP contribution in [0.25, 0.3) is 33.3 Å². The maximum atomic E-state index is 15.5. The van der Waals surface area contributed by atoms with Gasteiger partial charge < -0.3 is 23.2 Å². The molecule has 0 unspecified atom stereocenters. The Morgan fingerprint density at radius 3 is 2.68 bits per heavy atom. The largest absolute Gasteiger partial charge is 0.473 e. The van der Waals surface area contributed by atoms with Gasteiger partial charge in [-0.15, -0.1) is 0 Å². The molecule has 0 saturated carbocycles. The third-order valence-electron chi connectivity index (χ3n) is 7.38. The monoisotopic (exact) mass is 590 g/mol. The Labute approximate surface area is 252 Å². The number of esters is 1. The van der Waals surface area contributed by atoms with Gasteiger partial charge in [0.2, 0.25) is 5.88 Å². The maximum Gasteiger partial charge on any atom is 0.337 e. The summed E-state index contributed by atoms with van der Waals surface area (Å²) < 4.78 is 39.1. The molecule has 0 amide bonds. The molecule has 6 aromatic rings. The second kappa shape index (κ2) is 12.4. The summed E-state index contributed by atoms with van der Waals surface area (Å²) in [6.45, 7) is 1.09. The number of methoxy groups -OCH3 is 2. The number of nitriles is 1. The fourth-order valence-electron chi connectivity index (χ4n) is 5.14. The van der Waals surface area contributed by atoms with Gasteiger partial charge in [0.05, 0.1) is 53.9 Å². The average Bonchev–Trinajstić information content (AvgIpc) is 3.68. The zero-order valence-electron chi connectivity index (χ0n) is 24.0. The van der Waals surface area contributed by atoms with Gasteiger partial charge >= 0.3 is 5.97 Å². The molecule has 0 fully saturated rings. The van der Waals surface area contributed by atoms with Crippen LogP contribution < -0.4 is 4.74 Å². The Morgan fingerprint density at radius 2 is 1.89 bits per heavy atom. The van der Waals surface area contributed by atoms with Crippen LogP contribution in [-0.4, -0.2) is 41.3 Å². The van der Waals surface area contributed by atoms with Crippen molar-refractivity contribution in [1.82, 2.24) is 14.5 Å². The lowest BCUT2D eigenvalue weighted by Crippen LogP contribution is -2.10. The number of furan rings is 1. The lowest BCUT2D eigenvalue weighted by Gasteiger charge is -2.11. The minimum absolute atomic E-state index is 0.185. The number of ether oxygens (including phenoxy) is 3. The van der Waals surface area contributed by atoms with Crippen molar-refractivity contribution in [2.75, 3.05) is 20.8 Å². The van der Waals surface area contributed by atoms with Crippen LogP contribution in [0.1, 0.15) is 32.9 Å². The quantitative estimate of drug-likeness (QED) is 0.167. The van der Waals surface area contributed by atoms with Gasteiger partial charge in [0, 0.05) is 42.7 Å². The van der Waals surface area contributed by atoms with Gasteiger partial charge in [0.25, 0.3) is 0 Å². The van der Waals surface area contributed by atoms with Gasteiger partial charge in [-0.2, -0.15) is 5.26 Å². The van der Waals surface area contributed by atoms with Gasteiger partial charge in [0.15, 0.2) is 0 Å². The summed E-state index contributed by atoms with van der Waals surface area (Å²) in [7, 11) is 2.94. The number of pyridine rings is 1. The smallest absolute Gasteiger partial charge is 0.337 e. The molecule has 0 radical (unpaired) electrons. The third-order valence-corrected chi connectivity index (χ3v) is 7.38. The second-order valence-corrected chi connectivity index (χ2v) is 10.0. The molecule has 3 aromatic carbocycles. The van der Waals surface area contributed by atoms with Crippen molar-refractivity contribution in [3.8, 4) is 23.2 Å². The van der Waals surface area contributed by atoms with Crippen molar-refractivity contribution >= 4 is 28.0 Å². The van der Waals surface area contributed by atoms with Crippen LogP contribution in [0, 0.1) is 17.1 Å². The molecular weight excluding hydrogens is 563 g/mol. The Hall–Kier alpha value is -5.53. The molecule has 0 aliphatic rings. The van der Waals surface area contributed by atoms with Crippen molar-refractivity contribution in [2.24, 2.45) is 0 Å². The highest BCUT2D eigenvalue weighted by atomic mass is 19.1. The number of aromatic nitrogens is 3. The van der Waals surface area contributed by atoms with Crippen molar-refractivity contribution in [2.45, 2.75) is 19.6 Å². The van der Waals surface area contributed by atoms with E-state index in [0.717, 1.165) is 16.5 Å². The number of halogens is 1. The van der Waals surface area contributed by atoms with Crippen LogP contribution in [0.4, 0.5) is 4.39 Å². The molecule has 6 rings (SSSR count). The molecule has 0 spiro atoms. The highest BCUT2D eigenvalue weighted by Crippen LogP contribution is 2.28. The summed E-state index contributed by atoms with van der Waals surface area (Å²) in [6, 6.07) is 22.9. The van der Waals surface area contributed by atoms with Gasteiger partial charge in [0.1, 0.15) is 23.8 Å². The van der Waals surface area contributed by atoms with Crippen molar-refractivity contribution in [3.05, 3.63) is 113 Å². The van der Waals surface area contributed by atoms with Crippen molar-refractivity contribution in [1.29, 1.82) is 5.26 Å². The molecule has 0 N–H and O–H groups in total. The standard InChI is InChI=1S/C34H27FN4O5/c1-41-15-13-39-30-17-23(34(40)42-2)10-11-29(30)37-31(39)18-21-6-7-22(16-27(21)35)28-4-3-5-32(38-28)44-20-25-9-8-24(19-36)26-12-14-43-33(25)26/h3-12,14,16-17H,13,15,18,20H2,1-2H3. The average molecular weight is 591 g/mol. The number of nitrogens with zero attached hydrogens (tertiary/aromatic N) is 4. The van der Waals surface area contributed by atoms with Crippen LogP contribution in [-0.2, 0) is 29.0 Å². The first kappa shape index (κ1) is 28.6. The van der Waals surface area contributed by atoms with E-state index in [-0.39, 0.29) is 13.0 Å². The number of carbonyl (C=O) groups is 1. The van der Waals surface area contributed by atoms with Crippen LogP contribution >= 0.6 is 0 Å². The number of carbonyl (C=O) groups excluding carboxylic acids is 1. The number of rotatable bonds is 10. The molecule has 0 atom stereocenters. The van der Waals surface area contributed by atoms with E-state index in [2.05, 4.69) is 11.1 Å². The van der Waals surface area contributed by atoms with E-state index in [4.69, 9.17) is 23.6 Å². The zero-order valence-corrected chi connectivity index (χ0v) is 24.0. The lowest BCUT2D eigenvalue weighted by molar-refractivity contribution is 0.0601. The maximum absolute atomic E-state index is 15.5. The fourth-order valence-corrected chi connectivity index (χ4v) is 5.14. The third kappa shape index (κ3) is 5.61. The van der Waals surface area contributed by atoms with E-state index in [1.807, 2.05) is 10.6 Å². The number of hydrogen-bond donors (Lipinski definition) is 0. The lowest BCUT2D eigenvalue weighted by atomic mass is 10.1. The molecule has 0 bridgehead atoms. The van der Waals surface area contributed by atoms with Gasteiger partial charge in [-0.05, 0) is 48.0 Å². The van der Waals surface area contributed by atoms with E-state index in [1.54, 1.807) is 74.0 Å². The SMILES string of the molecule is COCCn1c(Cc2ccc(-c3cccc(OCc4ccc(C#N)c5ccoc45)n3)cc2F)nc2ccc(C(=O)OC)cc21. The Kier molecular flexibility index (Phi) is 8.04. The first-order valence-electron chi connectivity index (χ1n) is 13.8. The predicted molar refractivity (Wildman–Crippen MR) is 161 cm³/mol. The summed E-state index contributed by atoms with van der Waals surface area (Å²) in [4.78, 5) is 21.4. The zero-order chi connectivity index (χ0) is 30.6. The van der Waals surface area contributed by atoms with Crippen molar-refractivity contribution < 1.29 is 27.8 Å². The van der Waals surface area contributed by atoms with Crippen LogP contribution in [0.2, 0.25) is 0 Å². The molecule has 0 saturated heterocycles. The number of hydrogen-bond acceptors (Lipinski definition) is 8. The van der Waals surface area contributed by atoms with Crippen LogP contribution in [0.3, 0.4) is 0 Å². The first-order valence-corrected chi connectivity index (χ1v) is 13.8. The van der Waals surface area contributed by atoms with E-state index >= 15 is 4.39 Å². The summed E-state index contributed by atoms with van der Waals surface area (Å²) in [5, 5.41) is 10.1. The fraction of sp³-hybridized carbons (Fsp3) is 0.176. The van der Waals surface area contributed by atoms with E-state index in [0.29, 0.717) is 63.9 Å². The minimum Gasteiger partial charge on any atom is -0.473 e. The van der Waals surface area contributed by atoms with Crippen molar-refractivity contribution in [3.63, 3.8) is 0 Å². The molecule has 3 heterocycles. The Balaban J connectivity index is 1.23. The molecule has 220 valence electrons. The van der Waals surface area contributed by atoms with E-state index in [1.165, 1.54) is 13.2 Å². The van der Waals surface area contributed by atoms with Gasteiger partial charge in [-0.3, -0.25) is 0 Å². The highest BCUT2D eigenvalue weighted by molar-refractivity contribution is 5.93. The molecule has 44 heavy (non-hydrogen) atoms. The summed E-state index contributed by atoms with van der Waals surface area (Å²) in [5.41, 5.74) is 5.36. The summed E-state index contributed by atoms with van der Waals surface area (Å²) >= 11 is 0. The number of fused-ring (bicyclic) bond motifs is 2. The van der Waals surface area contributed by atoms with Crippen LogP contribution in [0.15, 0.2) is 83.5 Å². The summed E-state index contributed by atoms with van der Waals surface area (Å²) in [5.74, 6) is 0.178. The number of benzene rings is 3. The molecule has 0 aliphatic carbocycles. The van der Waals surface area contributed by atoms with Gasteiger partial charge in [-0.25, -0.2) is 19.2 Å². The van der Waals surface area contributed by atoms with E-state index in [9.17, 15) is 10.1 Å². The van der Waals surface area contributed by atoms with Gasteiger partial charge in [-0.1, -0.05) is 24.3 Å². The Morgan fingerprint density at radius 1 is 1.02 bits per heavy atom. The first-order chi connectivity index (χ1) is 21.5. The van der Waals surface area contributed by atoms with E-state index < -0.39 is 11.8 Å². The molecule has 10 heteroatoms. The number of imidazole rings is 1. The highest BCUT2D eigenvalue weighted by Gasteiger charge is 2.17. The summed E-state index contributed by atoms with van der Waals surface area (Å²) in [6.07, 6.45) is 1.78. The second-order valence-electron chi connectivity index (χ2n) is 10.0. The minimum atomic E-state index is -0.443. The molecular formula is C34H27FN4O5. The molecule has 3 aromatic heterocycles.